The molecule has 0 aromatic heterocycles. The molecule has 0 saturated heterocycles. The number of anilines is 2. The Kier molecular flexibility index (Phi) is 5.87. The highest BCUT2D eigenvalue weighted by Crippen LogP contribution is 2.32. The summed E-state index contributed by atoms with van der Waals surface area (Å²) in [5, 5.41) is 2.71. The molecule has 0 saturated carbocycles. The van der Waals surface area contributed by atoms with Crippen molar-refractivity contribution in [3.8, 4) is 17.2 Å². The van der Waals surface area contributed by atoms with Crippen LogP contribution in [-0.4, -0.2) is 34.6 Å². The molecule has 10 heteroatoms. The van der Waals surface area contributed by atoms with E-state index in [2.05, 4.69) is 10.0 Å². The zero-order valence-electron chi connectivity index (χ0n) is 16.9. The van der Waals surface area contributed by atoms with Crippen LogP contribution in [0.3, 0.4) is 0 Å². The number of sulfonamides is 1. The highest BCUT2D eigenvalue weighted by atomic mass is 32.2. The third-order valence-corrected chi connectivity index (χ3v) is 6.01. The normalized spacial score (nSPS) is 12.7. The van der Waals surface area contributed by atoms with E-state index in [-0.39, 0.29) is 16.3 Å². The van der Waals surface area contributed by atoms with E-state index in [1.165, 1.54) is 19.2 Å². The average Bonchev–Trinajstić information content (AvgIpc) is 2.79. The number of halogens is 1. The number of hydrogen-bond donors (Lipinski definition) is 2. The topological polar surface area (TPSA) is 103 Å². The van der Waals surface area contributed by atoms with Gasteiger partial charge in [0.1, 0.15) is 24.8 Å². The van der Waals surface area contributed by atoms with Gasteiger partial charge in [0.05, 0.1) is 17.7 Å². The van der Waals surface area contributed by atoms with E-state index in [4.69, 9.17) is 14.2 Å². The van der Waals surface area contributed by atoms with E-state index in [9.17, 15) is 17.6 Å². The molecule has 2 N–H and O–H groups in total. The van der Waals surface area contributed by atoms with Crippen LogP contribution in [0, 0.1) is 5.82 Å². The fraction of sp³-hybridized carbons (Fsp3) is 0.136. The lowest BCUT2D eigenvalue weighted by Crippen LogP contribution is -2.17. The van der Waals surface area contributed by atoms with Crippen molar-refractivity contribution in [1.82, 2.24) is 0 Å². The smallest absolute Gasteiger partial charge is 0.262 e. The summed E-state index contributed by atoms with van der Waals surface area (Å²) in [5.41, 5.74) is 0.790. The van der Waals surface area contributed by atoms with Gasteiger partial charge in [0, 0.05) is 11.3 Å². The summed E-state index contributed by atoms with van der Waals surface area (Å²) in [6.07, 6.45) is 0. The molecule has 0 bridgehead atoms. The third kappa shape index (κ3) is 4.59. The first kappa shape index (κ1) is 21.4. The third-order valence-electron chi connectivity index (χ3n) is 4.63. The van der Waals surface area contributed by atoms with Crippen LogP contribution in [-0.2, 0) is 10.0 Å². The summed E-state index contributed by atoms with van der Waals surface area (Å²) in [5.74, 6) is 0.319. The lowest BCUT2D eigenvalue weighted by molar-refractivity contribution is 0.102. The maximum atomic E-state index is 13.1. The summed E-state index contributed by atoms with van der Waals surface area (Å²) >= 11 is 0. The van der Waals surface area contributed by atoms with Crippen molar-refractivity contribution >= 4 is 27.3 Å². The van der Waals surface area contributed by atoms with Crippen molar-refractivity contribution in [3.05, 3.63) is 72.0 Å². The van der Waals surface area contributed by atoms with Gasteiger partial charge in [-0.05, 0) is 60.7 Å². The van der Waals surface area contributed by atoms with Gasteiger partial charge in [0.2, 0.25) is 0 Å². The Balaban J connectivity index is 1.56. The average molecular weight is 458 g/mol. The molecule has 0 atom stereocenters. The summed E-state index contributed by atoms with van der Waals surface area (Å²) in [6.45, 7) is 0.842. The number of ether oxygens (including phenoxy) is 3. The number of benzene rings is 3. The molecule has 4 rings (SSSR count). The second kappa shape index (κ2) is 8.75. The van der Waals surface area contributed by atoms with E-state index >= 15 is 0 Å². The Bertz CT molecular complexity index is 1260. The maximum absolute atomic E-state index is 13.1. The molecule has 0 fully saturated rings. The zero-order chi connectivity index (χ0) is 22.7. The number of methoxy groups -OCH3 is 1. The van der Waals surface area contributed by atoms with Gasteiger partial charge in [-0.25, -0.2) is 12.8 Å². The van der Waals surface area contributed by atoms with Crippen molar-refractivity contribution < 1.29 is 31.8 Å². The zero-order valence-corrected chi connectivity index (χ0v) is 17.7. The first-order chi connectivity index (χ1) is 15.4. The van der Waals surface area contributed by atoms with E-state index in [1.54, 1.807) is 24.3 Å². The summed E-state index contributed by atoms with van der Waals surface area (Å²) in [4.78, 5) is 12.6. The molecule has 3 aromatic carbocycles. The van der Waals surface area contributed by atoms with Crippen LogP contribution in [0.4, 0.5) is 15.8 Å². The van der Waals surface area contributed by atoms with Gasteiger partial charge in [-0.1, -0.05) is 0 Å². The molecule has 0 unspecified atom stereocenters. The molecule has 0 radical (unpaired) electrons. The minimum Gasteiger partial charge on any atom is -0.495 e. The van der Waals surface area contributed by atoms with Crippen molar-refractivity contribution in [2.45, 2.75) is 4.90 Å². The maximum Gasteiger partial charge on any atom is 0.262 e. The molecular weight excluding hydrogens is 439 g/mol. The van der Waals surface area contributed by atoms with Gasteiger partial charge >= 0.3 is 0 Å². The van der Waals surface area contributed by atoms with Crippen LogP contribution in [0.25, 0.3) is 0 Å². The largest absolute Gasteiger partial charge is 0.495 e. The predicted octanol–water partition coefficient (Wildman–Crippen LogP) is 3.66. The van der Waals surface area contributed by atoms with Crippen molar-refractivity contribution in [2.75, 3.05) is 30.4 Å². The fourth-order valence-corrected chi connectivity index (χ4v) is 4.13. The first-order valence-electron chi connectivity index (χ1n) is 9.53. The van der Waals surface area contributed by atoms with E-state index in [0.717, 1.165) is 24.3 Å². The van der Waals surface area contributed by atoms with E-state index in [1.807, 2.05) is 0 Å². The van der Waals surface area contributed by atoms with E-state index in [0.29, 0.717) is 36.0 Å². The molecule has 166 valence electrons. The van der Waals surface area contributed by atoms with E-state index < -0.39 is 21.7 Å². The minimum atomic E-state index is -4.01. The van der Waals surface area contributed by atoms with Gasteiger partial charge in [0.15, 0.2) is 11.5 Å². The molecule has 32 heavy (non-hydrogen) atoms. The second-order valence-electron chi connectivity index (χ2n) is 6.79. The van der Waals surface area contributed by atoms with Crippen LogP contribution in [0.1, 0.15) is 10.4 Å². The Morgan fingerprint density at radius 3 is 2.41 bits per heavy atom. The quantitative estimate of drug-likeness (QED) is 0.585. The van der Waals surface area contributed by atoms with Gasteiger partial charge < -0.3 is 19.5 Å². The van der Waals surface area contributed by atoms with Gasteiger partial charge in [-0.3, -0.25) is 9.52 Å². The molecule has 1 amide bonds. The standard InChI is InChI=1S/C22H19FN2O6S/c1-29-19-9-5-16(13-18(19)25-32(27,28)17-6-3-15(23)4-7-17)24-22(26)14-2-8-20-21(12-14)31-11-10-30-20/h2-9,12-13,25H,10-11H2,1H3,(H,24,26). The summed E-state index contributed by atoms with van der Waals surface area (Å²) in [6, 6.07) is 13.7. The number of rotatable bonds is 6. The van der Waals surface area contributed by atoms with Gasteiger partial charge in [0.25, 0.3) is 15.9 Å². The number of amides is 1. The van der Waals surface area contributed by atoms with Crippen LogP contribution in [0.2, 0.25) is 0 Å². The SMILES string of the molecule is COc1ccc(NC(=O)c2ccc3c(c2)OCCO3)cc1NS(=O)(=O)c1ccc(F)cc1. The molecule has 1 aliphatic rings. The molecule has 3 aromatic rings. The molecular formula is C22H19FN2O6S. The van der Waals surface area contributed by atoms with Crippen molar-refractivity contribution in [2.24, 2.45) is 0 Å². The lowest BCUT2D eigenvalue weighted by Gasteiger charge is -2.19. The second-order valence-corrected chi connectivity index (χ2v) is 8.47. The summed E-state index contributed by atoms with van der Waals surface area (Å²) < 4.78 is 57.1. The highest BCUT2D eigenvalue weighted by molar-refractivity contribution is 7.92. The minimum absolute atomic E-state index is 0.108. The number of hydrogen-bond acceptors (Lipinski definition) is 6. The van der Waals surface area contributed by atoms with Gasteiger partial charge in [-0.2, -0.15) is 0 Å². The lowest BCUT2D eigenvalue weighted by atomic mass is 10.1. The Labute approximate surface area is 184 Å². The van der Waals surface area contributed by atoms with Gasteiger partial charge in [-0.15, -0.1) is 0 Å². The molecule has 0 aliphatic carbocycles. The van der Waals surface area contributed by atoms with Crippen LogP contribution >= 0.6 is 0 Å². The molecule has 0 spiro atoms. The summed E-state index contributed by atoms with van der Waals surface area (Å²) in [7, 11) is -2.62. The van der Waals surface area contributed by atoms with Crippen LogP contribution in [0.15, 0.2) is 65.6 Å². The highest BCUT2D eigenvalue weighted by Gasteiger charge is 2.19. The Morgan fingerprint density at radius 1 is 0.969 bits per heavy atom. The Hall–Kier alpha value is -3.79. The number of carbonyl (C=O) groups excluding carboxylic acids is 1. The molecule has 8 nitrogen and oxygen atoms in total. The van der Waals surface area contributed by atoms with Crippen molar-refractivity contribution in [3.63, 3.8) is 0 Å². The van der Waals surface area contributed by atoms with Crippen LogP contribution < -0.4 is 24.2 Å². The van der Waals surface area contributed by atoms with Crippen molar-refractivity contribution in [1.29, 1.82) is 0 Å². The predicted molar refractivity (Wildman–Crippen MR) is 116 cm³/mol. The molecule has 1 aliphatic heterocycles. The number of fused-ring (bicyclic) bond motifs is 1. The first-order valence-corrected chi connectivity index (χ1v) is 11.0. The Morgan fingerprint density at radius 2 is 1.69 bits per heavy atom. The monoisotopic (exact) mass is 458 g/mol. The fourth-order valence-electron chi connectivity index (χ4n) is 3.07. The number of nitrogens with one attached hydrogen (secondary N) is 2. The van der Waals surface area contributed by atoms with Crippen LogP contribution in [0.5, 0.6) is 17.2 Å². The molecule has 1 heterocycles. The number of carbonyl (C=O) groups is 1.